The topological polar surface area (TPSA) is 0 Å². The van der Waals surface area contributed by atoms with E-state index in [1.54, 1.807) is 0 Å². The highest BCUT2D eigenvalue weighted by Crippen LogP contribution is 2.33. The molecule has 1 fully saturated rings. The van der Waals surface area contributed by atoms with E-state index in [2.05, 4.69) is 50.3 Å². The molecule has 0 bridgehead atoms. The summed E-state index contributed by atoms with van der Waals surface area (Å²) in [5.41, 5.74) is 2.85. The van der Waals surface area contributed by atoms with Gasteiger partial charge < -0.3 is 0 Å². The molecule has 2 rings (SSSR count). The first-order valence-corrected chi connectivity index (χ1v) is 10.6. The molecule has 0 nitrogen and oxygen atoms in total. The summed E-state index contributed by atoms with van der Waals surface area (Å²) in [7, 11) is 0. The Morgan fingerprint density at radius 1 is 0.833 bits per heavy atom. The summed E-state index contributed by atoms with van der Waals surface area (Å²) in [4.78, 5) is 0. The average molecular weight is 327 g/mol. The quantitative estimate of drug-likeness (QED) is 0.384. The van der Waals surface area contributed by atoms with Gasteiger partial charge in [-0.25, -0.2) is 0 Å². The Morgan fingerprint density at radius 2 is 1.50 bits per heavy atom. The van der Waals surface area contributed by atoms with Gasteiger partial charge in [0, 0.05) is 0 Å². The van der Waals surface area contributed by atoms with E-state index in [1.165, 1.54) is 88.2 Å². The fourth-order valence-electron chi connectivity index (χ4n) is 4.14. The third kappa shape index (κ3) is 7.24. The van der Waals surface area contributed by atoms with Gasteiger partial charge >= 0.3 is 0 Å². The lowest BCUT2D eigenvalue weighted by Crippen LogP contribution is -2.14. The zero-order valence-electron chi connectivity index (χ0n) is 16.1. The molecular weight excluding hydrogens is 288 g/mol. The van der Waals surface area contributed by atoms with Crippen LogP contribution in [0.4, 0.5) is 0 Å². The molecule has 0 saturated heterocycles. The molecule has 0 radical (unpaired) electrons. The maximum absolute atomic E-state index is 2.39. The van der Waals surface area contributed by atoms with Crippen LogP contribution in [-0.2, 0) is 6.42 Å². The molecule has 0 heterocycles. The SMILES string of the molecule is CCCCCc1ccc(C=CCCC2CCC(CCC)CC2)cc1. The van der Waals surface area contributed by atoms with Crippen molar-refractivity contribution >= 4 is 6.08 Å². The summed E-state index contributed by atoms with van der Waals surface area (Å²) < 4.78 is 0. The smallest absolute Gasteiger partial charge is 0.0260 e. The first kappa shape index (κ1) is 19.3. The Morgan fingerprint density at radius 3 is 2.12 bits per heavy atom. The van der Waals surface area contributed by atoms with E-state index in [1.807, 2.05) is 0 Å². The van der Waals surface area contributed by atoms with Crippen molar-refractivity contribution in [2.24, 2.45) is 11.8 Å². The van der Waals surface area contributed by atoms with Crippen LogP contribution in [0.25, 0.3) is 6.08 Å². The van der Waals surface area contributed by atoms with Gasteiger partial charge in [-0.3, -0.25) is 0 Å². The predicted molar refractivity (Wildman–Crippen MR) is 108 cm³/mol. The minimum atomic E-state index is 0.990. The Kier molecular flexibility index (Phi) is 9.24. The number of unbranched alkanes of at least 4 members (excludes halogenated alkanes) is 2. The van der Waals surface area contributed by atoms with Crippen LogP contribution in [0.3, 0.4) is 0 Å². The fraction of sp³-hybridized carbons (Fsp3) is 0.667. The summed E-state index contributed by atoms with van der Waals surface area (Å²) in [6, 6.07) is 9.19. The summed E-state index contributed by atoms with van der Waals surface area (Å²) in [6.07, 6.45) is 21.3. The van der Waals surface area contributed by atoms with Crippen molar-refractivity contribution in [1.82, 2.24) is 0 Å². The van der Waals surface area contributed by atoms with E-state index in [9.17, 15) is 0 Å². The molecule has 0 amide bonds. The summed E-state index contributed by atoms with van der Waals surface area (Å²) in [6.45, 7) is 4.60. The molecule has 24 heavy (non-hydrogen) atoms. The van der Waals surface area contributed by atoms with Gasteiger partial charge in [0.2, 0.25) is 0 Å². The average Bonchev–Trinajstić information content (AvgIpc) is 2.62. The largest absolute Gasteiger partial charge is 0.0839 e. The Balaban J connectivity index is 1.63. The van der Waals surface area contributed by atoms with E-state index < -0.39 is 0 Å². The lowest BCUT2D eigenvalue weighted by atomic mass is 9.78. The van der Waals surface area contributed by atoms with E-state index in [0.717, 1.165) is 11.8 Å². The molecule has 1 aromatic rings. The second-order valence-electron chi connectivity index (χ2n) is 7.85. The first-order valence-electron chi connectivity index (χ1n) is 10.6. The molecule has 0 unspecified atom stereocenters. The van der Waals surface area contributed by atoms with Crippen LogP contribution < -0.4 is 0 Å². The lowest BCUT2D eigenvalue weighted by molar-refractivity contribution is 0.253. The van der Waals surface area contributed by atoms with Crippen molar-refractivity contribution in [3.63, 3.8) is 0 Å². The zero-order valence-corrected chi connectivity index (χ0v) is 16.1. The number of benzene rings is 1. The third-order valence-corrected chi connectivity index (χ3v) is 5.76. The van der Waals surface area contributed by atoms with Crippen molar-refractivity contribution in [2.75, 3.05) is 0 Å². The van der Waals surface area contributed by atoms with Gasteiger partial charge in [0.1, 0.15) is 0 Å². The molecular formula is C24H38. The van der Waals surface area contributed by atoms with Crippen LogP contribution in [0, 0.1) is 11.8 Å². The van der Waals surface area contributed by atoms with Crippen LogP contribution in [-0.4, -0.2) is 0 Å². The zero-order chi connectivity index (χ0) is 17.0. The summed E-state index contributed by atoms with van der Waals surface area (Å²) in [5.74, 6) is 2.03. The summed E-state index contributed by atoms with van der Waals surface area (Å²) >= 11 is 0. The van der Waals surface area contributed by atoms with Gasteiger partial charge in [-0.1, -0.05) is 102 Å². The second kappa shape index (κ2) is 11.5. The van der Waals surface area contributed by atoms with E-state index >= 15 is 0 Å². The second-order valence-corrected chi connectivity index (χ2v) is 7.85. The predicted octanol–water partition coefficient (Wildman–Crippen LogP) is 7.82. The van der Waals surface area contributed by atoms with Gasteiger partial charge in [0.05, 0.1) is 0 Å². The van der Waals surface area contributed by atoms with Gasteiger partial charge in [0.25, 0.3) is 0 Å². The molecule has 1 aromatic carbocycles. The molecule has 0 heteroatoms. The van der Waals surface area contributed by atoms with Crippen molar-refractivity contribution in [3.8, 4) is 0 Å². The number of rotatable bonds is 10. The van der Waals surface area contributed by atoms with Gasteiger partial charge in [-0.05, 0) is 48.6 Å². The summed E-state index contributed by atoms with van der Waals surface area (Å²) in [5, 5.41) is 0. The first-order chi connectivity index (χ1) is 11.8. The molecule has 0 spiro atoms. The van der Waals surface area contributed by atoms with Crippen LogP contribution in [0.2, 0.25) is 0 Å². The number of hydrogen-bond donors (Lipinski definition) is 0. The van der Waals surface area contributed by atoms with Crippen molar-refractivity contribution in [3.05, 3.63) is 41.5 Å². The van der Waals surface area contributed by atoms with Crippen LogP contribution in [0.15, 0.2) is 30.3 Å². The number of aryl methyl sites for hydroxylation is 1. The van der Waals surface area contributed by atoms with E-state index in [-0.39, 0.29) is 0 Å². The maximum Gasteiger partial charge on any atom is -0.0260 e. The van der Waals surface area contributed by atoms with Crippen molar-refractivity contribution in [2.45, 2.75) is 90.9 Å². The fourth-order valence-corrected chi connectivity index (χ4v) is 4.14. The molecule has 0 aliphatic heterocycles. The molecule has 1 aliphatic rings. The maximum atomic E-state index is 2.39. The number of hydrogen-bond acceptors (Lipinski definition) is 0. The van der Waals surface area contributed by atoms with Crippen LogP contribution in [0.5, 0.6) is 0 Å². The third-order valence-electron chi connectivity index (χ3n) is 5.76. The molecule has 0 atom stereocenters. The normalized spacial score (nSPS) is 21.4. The monoisotopic (exact) mass is 326 g/mol. The molecule has 1 saturated carbocycles. The van der Waals surface area contributed by atoms with Crippen LogP contribution >= 0.6 is 0 Å². The Bertz CT molecular complexity index is 445. The Hall–Kier alpha value is -1.04. The van der Waals surface area contributed by atoms with Crippen LogP contribution in [0.1, 0.15) is 95.6 Å². The minimum absolute atomic E-state index is 0.990. The highest BCUT2D eigenvalue weighted by Gasteiger charge is 2.19. The van der Waals surface area contributed by atoms with Gasteiger partial charge in [-0.2, -0.15) is 0 Å². The minimum Gasteiger partial charge on any atom is -0.0839 e. The van der Waals surface area contributed by atoms with Crippen molar-refractivity contribution in [1.29, 1.82) is 0 Å². The molecule has 134 valence electrons. The highest BCUT2D eigenvalue weighted by atomic mass is 14.2. The lowest BCUT2D eigenvalue weighted by Gasteiger charge is -2.28. The van der Waals surface area contributed by atoms with E-state index in [4.69, 9.17) is 0 Å². The highest BCUT2D eigenvalue weighted by molar-refractivity contribution is 5.49. The van der Waals surface area contributed by atoms with Crippen molar-refractivity contribution < 1.29 is 0 Å². The standard InChI is InChI=1S/C24H38/c1-3-5-6-10-22-17-19-24(20-18-22)12-8-7-11-23-15-13-21(9-4-2)14-16-23/h8,12,17-21,23H,3-7,9-11,13-16H2,1-2H3. The number of allylic oxidation sites excluding steroid dienone is 1. The molecule has 0 N–H and O–H groups in total. The molecule has 0 aromatic heterocycles. The van der Waals surface area contributed by atoms with Gasteiger partial charge in [0.15, 0.2) is 0 Å². The molecule has 1 aliphatic carbocycles. The Labute approximate surface area is 150 Å². The van der Waals surface area contributed by atoms with E-state index in [0.29, 0.717) is 0 Å². The van der Waals surface area contributed by atoms with Gasteiger partial charge in [-0.15, -0.1) is 0 Å².